The number of hydrogen-bond donors (Lipinski definition) is 2. The van der Waals surface area contributed by atoms with E-state index in [9.17, 15) is 9.59 Å². The number of carbonyl (C=O) groups is 1. The summed E-state index contributed by atoms with van der Waals surface area (Å²) in [5.41, 5.74) is 1.03. The van der Waals surface area contributed by atoms with Gasteiger partial charge in [0.1, 0.15) is 18.2 Å². The zero-order valence-electron chi connectivity index (χ0n) is 17.8. The summed E-state index contributed by atoms with van der Waals surface area (Å²) in [5, 5.41) is 4.00. The van der Waals surface area contributed by atoms with E-state index < -0.39 is 12.1 Å². The van der Waals surface area contributed by atoms with Crippen LogP contribution in [0, 0.1) is 6.92 Å². The molecule has 1 amide bonds. The van der Waals surface area contributed by atoms with Crippen molar-refractivity contribution in [3.8, 4) is 5.75 Å². The third kappa shape index (κ3) is 4.00. The van der Waals surface area contributed by atoms with E-state index in [1.165, 1.54) is 4.90 Å². The van der Waals surface area contributed by atoms with Crippen LogP contribution < -0.4 is 20.5 Å². The molecule has 0 saturated carbocycles. The Labute approximate surface area is 178 Å². The normalized spacial score (nSPS) is 17.0. The topological polar surface area (TPSA) is 122 Å². The standard InChI is InChI=1S/C21H24N6O4/c1-5-14-10-31-21(29)27(14)20-24-12(3)23-19(26-20)22-11(2)16-9-13-8-15(30-4)6-7-17(13)25-18(16)28/h6-9,11,14H,5,10H2,1-4H3,(H,25,28)(H,22,23,24,26)/t11?,14-/m0/s1. The van der Waals surface area contributed by atoms with Crippen molar-refractivity contribution in [1.29, 1.82) is 0 Å². The second-order valence-electron chi connectivity index (χ2n) is 7.39. The van der Waals surface area contributed by atoms with Crippen LogP contribution in [0.5, 0.6) is 5.75 Å². The van der Waals surface area contributed by atoms with E-state index in [1.807, 2.05) is 26.0 Å². The highest BCUT2D eigenvalue weighted by molar-refractivity contribution is 5.88. The van der Waals surface area contributed by atoms with Gasteiger partial charge in [-0.2, -0.15) is 15.0 Å². The highest BCUT2D eigenvalue weighted by Gasteiger charge is 2.35. The summed E-state index contributed by atoms with van der Waals surface area (Å²) in [4.78, 5) is 42.2. The Morgan fingerprint density at radius 3 is 2.84 bits per heavy atom. The maximum absolute atomic E-state index is 12.6. The van der Waals surface area contributed by atoms with Gasteiger partial charge in [-0.15, -0.1) is 0 Å². The largest absolute Gasteiger partial charge is 0.497 e. The maximum Gasteiger partial charge on any atom is 0.417 e. The zero-order chi connectivity index (χ0) is 22.1. The lowest BCUT2D eigenvalue weighted by Crippen LogP contribution is -2.35. The molecular weight excluding hydrogens is 400 g/mol. The van der Waals surface area contributed by atoms with E-state index in [-0.39, 0.29) is 23.5 Å². The van der Waals surface area contributed by atoms with E-state index >= 15 is 0 Å². The van der Waals surface area contributed by atoms with Crippen LogP contribution in [0.1, 0.15) is 37.7 Å². The smallest absolute Gasteiger partial charge is 0.417 e. The number of fused-ring (bicyclic) bond motifs is 1. The van der Waals surface area contributed by atoms with Crippen molar-refractivity contribution in [2.75, 3.05) is 23.9 Å². The Morgan fingerprint density at radius 2 is 2.10 bits per heavy atom. The van der Waals surface area contributed by atoms with Crippen molar-refractivity contribution in [1.82, 2.24) is 19.9 Å². The highest BCUT2D eigenvalue weighted by atomic mass is 16.6. The average Bonchev–Trinajstić information content (AvgIpc) is 3.13. The molecule has 10 nitrogen and oxygen atoms in total. The van der Waals surface area contributed by atoms with Gasteiger partial charge in [-0.1, -0.05) is 6.92 Å². The molecule has 1 aliphatic heterocycles. The molecule has 162 valence electrons. The average molecular weight is 424 g/mol. The molecule has 1 aromatic carbocycles. The first kappa shape index (κ1) is 20.6. The van der Waals surface area contributed by atoms with Gasteiger partial charge in [-0.25, -0.2) is 9.69 Å². The van der Waals surface area contributed by atoms with Crippen LogP contribution in [0.2, 0.25) is 0 Å². The Bertz CT molecular complexity index is 1190. The third-order valence-corrected chi connectivity index (χ3v) is 5.28. The predicted octanol–water partition coefficient (Wildman–Crippen LogP) is 2.94. The molecule has 0 spiro atoms. The molecule has 1 fully saturated rings. The number of amides is 1. The molecule has 2 aromatic heterocycles. The van der Waals surface area contributed by atoms with E-state index in [0.717, 1.165) is 10.9 Å². The third-order valence-electron chi connectivity index (χ3n) is 5.28. The van der Waals surface area contributed by atoms with E-state index in [1.54, 1.807) is 26.2 Å². The first-order chi connectivity index (χ1) is 14.9. The van der Waals surface area contributed by atoms with Crippen molar-refractivity contribution < 1.29 is 14.3 Å². The second-order valence-corrected chi connectivity index (χ2v) is 7.39. The number of anilines is 2. The summed E-state index contributed by atoms with van der Waals surface area (Å²) in [6.07, 6.45) is 0.238. The van der Waals surface area contributed by atoms with Crippen LogP contribution in [0.25, 0.3) is 10.9 Å². The fourth-order valence-corrected chi connectivity index (χ4v) is 3.57. The summed E-state index contributed by atoms with van der Waals surface area (Å²) in [6.45, 7) is 5.83. The molecule has 2 N–H and O–H groups in total. The van der Waals surface area contributed by atoms with Crippen molar-refractivity contribution in [2.45, 2.75) is 39.3 Å². The molecular formula is C21H24N6O4. The van der Waals surface area contributed by atoms with Crippen molar-refractivity contribution in [3.05, 3.63) is 46.0 Å². The number of nitrogens with zero attached hydrogens (tertiary/aromatic N) is 4. The number of aromatic nitrogens is 4. The van der Waals surface area contributed by atoms with Crippen LogP contribution >= 0.6 is 0 Å². The number of nitrogens with one attached hydrogen (secondary N) is 2. The van der Waals surface area contributed by atoms with Crippen LogP contribution in [0.4, 0.5) is 16.7 Å². The Kier molecular flexibility index (Phi) is 5.45. The molecule has 31 heavy (non-hydrogen) atoms. The number of rotatable bonds is 6. The molecule has 3 aromatic rings. The molecule has 2 atom stereocenters. The number of ether oxygens (including phenoxy) is 2. The minimum atomic E-state index is -0.476. The lowest BCUT2D eigenvalue weighted by Gasteiger charge is -2.20. The van der Waals surface area contributed by atoms with Gasteiger partial charge < -0.3 is 19.8 Å². The van der Waals surface area contributed by atoms with Crippen LogP contribution in [-0.2, 0) is 4.74 Å². The molecule has 0 bridgehead atoms. The number of methoxy groups -OCH3 is 1. The number of hydrogen-bond acceptors (Lipinski definition) is 8. The Balaban J connectivity index is 1.65. The summed E-state index contributed by atoms with van der Waals surface area (Å²) in [7, 11) is 1.60. The fourth-order valence-electron chi connectivity index (χ4n) is 3.57. The summed E-state index contributed by atoms with van der Waals surface area (Å²) in [6, 6.07) is 6.74. The minimum Gasteiger partial charge on any atom is -0.497 e. The number of cyclic esters (lactones) is 1. The van der Waals surface area contributed by atoms with Gasteiger partial charge >= 0.3 is 6.09 Å². The highest BCUT2D eigenvalue weighted by Crippen LogP contribution is 2.24. The van der Waals surface area contributed by atoms with Gasteiger partial charge in [0, 0.05) is 16.5 Å². The number of aryl methyl sites for hydroxylation is 1. The Hall–Kier alpha value is -3.69. The Morgan fingerprint density at radius 1 is 1.29 bits per heavy atom. The van der Waals surface area contributed by atoms with Crippen molar-refractivity contribution in [3.63, 3.8) is 0 Å². The number of carbonyl (C=O) groups excluding carboxylic acids is 1. The predicted molar refractivity (Wildman–Crippen MR) is 116 cm³/mol. The summed E-state index contributed by atoms with van der Waals surface area (Å²) < 4.78 is 10.4. The van der Waals surface area contributed by atoms with Gasteiger partial charge in [0.25, 0.3) is 5.56 Å². The molecule has 4 rings (SSSR count). The number of benzene rings is 1. The summed E-state index contributed by atoms with van der Waals surface area (Å²) >= 11 is 0. The van der Waals surface area contributed by atoms with Gasteiger partial charge in [-0.3, -0.25) is 4.79 Å². The summed E-state index contributed by atoms with van der Waals surface area (Å²) in [5.74, 6) is 1.65. The fraction of sp³-hybridized carbons (Fsp3) is 0.381. The monoisotopic (exact) mass is 424 g/mol. The van der Waals surface area contributed by atoms with Crippen molar-refractivity contribution in [2.24, 2.45) is 0 Å². The number of H-pyrrole nitrogens is 1. The lowest BCUT2D eigenvalue weighted by atomic mass is 10.1. The van der Waals surface area contributed by atoms with Crippen LogP contribution in [0.3, 0.4) is 0 Å². The zero-order valence-corrected chi connectivity index (χ0v) is 17.8. The first-order valence-corrected chi connectivity index (χ1v) is 10.1. The second kappa shape index (κ2) is 8.21. The number of pyridine rings is 1. The quantitative estimate of drug-likeness (QED) is 0.619. The maximum atomic E-state index is 12.6. The first-order valence-electron chi connectivity index (χ1n) is 10.1. The van der Waals surface area contributed by atoms with Crippen LogP contribution in [-0.4, -0.2) is 45.8 Å². The molecule has 0 aliphatic carbocycles. The van der Waals surface area contributed by atoms with Gasteiger partial charge in [0.15, 0.2) is 0 Å². The van der Waals surface area contributed by atoms with Crippen LogP contribution in [0.15, 0.2) is 29.1 Å². The SMILES string of the molecule is CC[C@H]1COC(=O)N1c1nc(C)nc(NC(C)c2cc3cc(OC)ccc3[nH]c2=O)n1. The van der Waals surface area contributed by atoms with E-state index in [0.29, 0.717) is 30.2 Å². The molecule has 10 heteroatoms. The molecule has 3 heterocycles. The number of aromatic amines is 1. The van der Waals surface area contributed by atoms with E-state index in [4.69, 9.17) is 9.47 Å². The van der Waals surface area contributed by atoms with Gasteiger partial charge in [-0.05, 0) is 44.5 Å². The molecule has 0 radical (unpaired) electrons. The molecule has 1 unspecified atom stereocenters. The van der Waals surface area contributed by atoms with Gasteiger partial charge in [0.05, 0.1) is 19.2 Å². The van der Waals surface area contributed by atoms with E-state index in [2.05, 4.69) is 25.3 Å². The minimum absolute atomic E-state index is 0.127. The van der Waals surface area contributed by atoms with Crippen molar-refractivity contribution >= 4 is 28.9 Å². The van der Waals surface area contributed by atoms with Gasteiger partial charge in [0.2, 0.25) is 11.9 Å². The molecule has 1 aliphatic rings. The lowest BCUT2D eigenvalue weighted by molar-refractivity contribution is 0.178. The molecule has 1 saturated heterocycles.